The fourth-order valence-electron chi connectivity index (χ4n) is 3.29. The van der Waals surface area contributed by atoms with Crippen LogP contribution in [0.15, 0.2) is 52.2 Å². The van der Waals surface area contributed by atoms with Crippen LogP contribution in [-0.4, -0.2) is 72.6 Å². The molecule has 0 spiro atoms. The van der Waals surface area contributed by atoms with E-state index in [0.717, 1.165) is 57.3 Å². The van der Waals surface area contributed by atoms with Crippen molar-refractivity contribution in [1.82, 2.24) is 25.6 Å². The van der Waals surface area contributed by atoms with Crippen molar-refractivity contribution < 1.29 is 9.32 Å². The van der Waals surface area contributed by atoms with Crippen LogP contribution in [0.4, 0.5) is 0 Å². The first-order chi connectivity index (χ1) is 14.2. The summed E-state index contributed by atoms with van der Waals surface area (Å²) >= 11 is 0. The molecular formula is C21H31IN6O2. The molecule has 1 fully saturated rings. The lowest BCUT2D eigenvalue weighted by atomic mass is 10.1. The maximum absolute atomic E-state index is 12.2. The maximum atomic E-state index is 12.2. The third kappa shape index (κ3) is 7.94. The number of benzene rings is 1. The van der Waals surface area contributed by atoms with Gasteiger partial charge in [-0.3, -0.25) is 9.69 Å². The van der Waals surface area contributed by atoms with Crippen LogP contribution in [-0.2, 0) is 17.8 Å². The van der Waals surface area contributed by atoms with Gasteiger partial charge in [-0.05, 0) is 18.9 Å². The second-order valence-electron chi connectivity index (χ2n) is 7.01. The molecule has 1 saturated heterocycles. The molecule has 30 heavy (non-hydrogen) atoms. The lowest BCUT2D eigenvalue weighted by molar-refractivity contribution is -0.119. The van der Waals surface area contributed by atoms with E-state index in [1.54, 1.807) is 6.26 Å². The fourth-order valence-corrected chi connectivity index (χ4v) is 3.29. The Hall–Kier alpha value is -2.14. The third-order valence-electron chi connectivity index (χ3n) is 4.83. The van der Waals surface area contributed by atoms with E-state index >= 15 is 0 Å². The fraction of sp³-hybridized carbons (Fsp3) is 0.476. The summed E-state index contributed by atoms with van der Waals surface area (Å²) < 4.78 is 4.90. The zero-order chi connectivity index (χ0) is 20.3. The molecule has 0 radical (unpaired) electrons. The zero-order valence-electron chi connectivity index (χ0n) is 17.4. The molecule has 0 bridgehead atoms. The normalized spacial score (nSPS) is 14.8. The van der Waals surface area contributed by atoms with E-state index in [-0.39, 0.29) is 36.4 Å². The van der Waals surface area contributed by atoms with Gasteiger partial charge in [0.15, 0.2) is 5.96 Å². The number of rotatable bonds is 8. The molecule has 1 amide bonds. The number of carbonyl (C=O) groups excluding carboxylic acids is 1. The Morgan fingerprint density at radius 2 is 1.90 bits per heavy atom. The van der Waals surface area contributed by atoms with Crippen molar-refractivity contribution >= 4 is 35.8 Å². The molecule has 1 aromatic carbocycles. The molecule has 2 N–H and O–H groups in total. The number of amides is 1. The number of hydrogen-bond donors (Lipinski definition) is 2. The Bertz CT molecular complexity index is 761. The summed E-state index contributed by atoms with van der Waals surface area (Å²) in [5.74, 6) is 0.743. The topological polar surface area (TPSA) is 86.0 Å². The molecule has 0 aliphatic carbocycles. The number of aliphatic imine (C=N–C) groups is 1. The number of guanidine groups is 1. The van der Waals surface area contributed by atoms with Crippen molar-refractivity contribution in [1.29, 1.82) is 0 Å². The van der Waals surface area contributed by atoms with Crippen LogP contribution >= 0.6 is 24.0 Å². The van der Waals surface area contributed by atoms with Crippen LogP contribution in [0.1, 0.15) is 18.2 Å². The second kappa shape index (κ2) is 13.2. The SMILES string of the molecule is CCNC(=NCC(=O)NCCc1ccccc1)N1CCN(Cc2ccon2)CC1.I. The van der Waals surface area contributed by atoms with Gasteiger partial charge >= 0.3 is 0 Å². The third-order valence-corrected chi connectivity index (χ3v) is 4.83. The second-order valence-corrected chi connectivity index (χ2v) is 7.01. The molecule has 1 aliphatic heterocycles. The van der Waals surface area contributed by atoms with E-state index < -0.39 is 0 Å². The van der Waals surface area contributed by atoms with Crippen molar-refractivity contribution in [2.75, 3.05) is 45.8 Å². The lowest BCUT2D eigenvalue weighted by Gasteiger charge is -2.36. The minimum absolute atomic E-state index is 0. The highest BCUT2D eigenvalue weighted by molar-refractivity contribution is 14.0. The number of nitrogens with one attached hydrogen (secondary N) is 2. The minimum atomic E-state index is -0.0546. The van der Waals surface area contributed by atoms with Crippen LogP contribution in [0.2, 0.25) is 0 Å². The van der Waals surface area contributed by atoms with Gasteiger partial charge in [0.05, 0.1) is 5.69 Å². The standard InChI is InChI=1S/C21H30N6O2.HI/c1-2-22-21(24-16-20(28)23-10-8-18-6-4-3-5-7-18)27-13-11-26(12-14-27)17-19-9-15-29-25-19;/h3-7,9,15H,2,8,10-14,16-17H2,1H3,(H,22,24)(H,23,28);1H. The highest BCUT2D eigenvalue weighted by atomic mass is 127. The average molecular weight is 526 g/mol. The highest BCUT2D eigenvalue weighted by Gasteiger charge is 2.20. The molecule has 0 atom stereocenters. The van der Waals surface area contributed by atoms with Gasteiger partial charge in [-0.15, -0.1) is 24.0 Å². The molecule has 1 aliphatic rings. The van der Waals surface area contributed by atoms with Gasteiger partial charge in [0.25, 0.3) is 0 Å². The predicted molar refractivity (Wildman–Crippen MR) is 128 cm³/mol. The van der Waals surface area contributed by atoms with E-state index in [4.69, 9.17) is 4.52 Å². The summed E-state index contributed by atoms with van der Waals surface area (Å²) in [6.45, 7) is 7.91. The monoisotopic (exact) mass is 526 g/mol. The Morgan fingerprint density at radius 1 is 1.13 bits per heavy atom. The summed E-state index contributed by atoms with van der Waals surface area (Å²) in [5, 5.41) is 10.2. The number of hydrogen-bond acceptors (Lipinski definition) is 5. The van der Waals surface area contributed by atoms with Gasteiger partial charge in [0.2, 0.25) is 5.91 Å². The molecule has 2 heterocycles. The predicted octanol–water partition coefficient (Wildman–Crippen LogP) is 1.73. The number of piperazine rings is 1. The first-order valence-corrected chi connectivity index (χ1v) is 10.2. The number of nitrogens with zero attached hydrogens (tertiary/aromatic N) is 4. The van der Waals surface area contributed by atoms with Crippen LogP contribution < -0.4 is 10.6 Å². The number of carbonyl (C=O) groups is 1. The molecule has 9 heteroatoms. The molecule has 164 valence electrons. The van der Waals surface area contributed by atoms with E-state index in [0.29, 0.717) is 6.54 Å². The summed E-state index contributed by atoms with van der Waals surface area (Å²) in [5.41, 5.74) is 2.17. The largest absolute Gasteiger partial charge is 0.364 e. The maximum Gasteiger partial charge on any atom is 0.241 e. The van der Waals surface area contributed by atoms with Crippen molar-refractivity contribution in [2.45, 2.75) is 19.9 Å². The molecule has 0 unspecified atom stereocenters. The van der Waals surface area contributed by atoms with E-state index in [9.17, 15) is 4.79 Å². The van der Waals surface area contributed by atoms with Crippen molar-refractivity contribution in [3.05, 3.63) is 53.9 Å². The number of aromatic nitrogens is 1. The van der Waals surface area contributed by atoms with E-state index in [2.05, 4.69) is 42.7 Å². The lowest BCUT2D eigenvalue weighted by Crippen LogP contribution is -2.52. The Balaban J connectivity index is 0.00000320. The van der Waals surface area contributed by atoms with E-state index in [1.807, 2.05) is 31.2 Å². The van der Waals surface area contributed by atoms with Crippen molar-refractivity contribution in [3.63, 3.8) is 0 Å². The Morgan fingerprint density at radius 3 is 2.57 bits per heavy atom. The van der Waals surface area contributed by atoms with Gasteiger partial charge < -0.3 is 20.1 Å². The summed E-state index contributed by atoms with van der Waals surface area (Å²) in [6, 6.07) is 12.0. The van der Waals surface area contributed by atoms with Crippen LogP contribution in [0.5, 0.6) is 0 Å². The van der Waals surface area contributed by atoms with Gasteiger partial charge in [0.1, 0.15) is 12.8 Å². The number of halogens is 1. The van der Waals surface area contributed by atoms with E-state index in [1.165, 1.54) is 5.56 Å². The van der Waals surface area contributed by atoms with Gasteiger partial charge in [-0.1, -0.05) is 35.5 Å². The Kier molecular flexibility index (Phi) is 10.6. The summed E-state index contributed by atoms with van der Waals surface area (Å²) in [7, 11) is 0. The molecule has 2 aromatic rings. The smallest absolute Gasteiger partial charge is 0.241 e. The van der Waals surface area contributed by atoms with Gasteiger partial charge in [-0.2, -0.15) is 0 Å². The van der Waals surface area contributed by atoms with Crippen LogP contribution in [0, 0.1) is 0 Å². The first-order valence-electron chi connectivity index (χ1n) is 10.2. The van der Waals surface area contributed by atoms with Crippen molar-refractivity contribution in [2.24, 2.45) is 4.99 Å². The van der Waals surface area contributed by atoms with Crippen LogP contribution in [0.25, 0.3) is 0 Å². The van der Waals surface area contributed by atoms with Gasteiger partial charge in [-0.25, -0.2) is 4.99 Å². The van der Waals surface area contributed by atoms with Crippen molar-refractivity contribution in [3.8, 4) is 0 Å². The Labute approximate surface area is 195 Å². The summed E-state index contributed by atoms with van der Waals surface area (Å²) in [6.07, 6.45) is 2.43. The van der Waals surface area contributed by atoms with Crippen LogP contribution in [0.3, 0.4) is 0 Å². The quantitative estimate of drug-likeness (QED) is 0.310. The molecular weight excluding hydrogens is 495 g/mol. The average Bonchev–Trinajstić information content (AvgIpc) is 3.26. The van der Waals surface area contributed by atoms with Gasteiger partial charge in [0, 0.05) is 51.9 Å². The summed E-state index contributed by atoms with van der Waals surface area (Å²) in [4.78, 5) is 21.3. The first kappa shape index (κ1) is 24.1. The molecule has 1 aromatic heterocycles. The molecule has 3 rings (SSSR count). The molecule has 0 saturated carbocycles. The highest BCUT2D eigenvalue weighted by Crippen LogP contribution is 2.07. The zero-order valence-corrected chi connectivity index (χ0v) is 19.7. The molecule has 8 nitrogen and oxygen atoms in total. The minimum Gasteiger partial charge on any atom is -0.364 e.